The molecule has 0 saturated heterocycles. The molecular weight excluding hydrogens is 599 g/mol. The second kappa shape index (κ2) is 12.9. The average molecular weight is 626 g/mol. The predicted octanol–water partition coefficient (Wildman–Crippen LogP) is 4.73. The first-order valence-corrected chi connectivity index (χ1v) is 14.2. The third-order valence-electron chi connectivity index (χ3n) is 4.95. The van der Waals surface area contributed by atoms with Crippen molar-refractivity contribution in [2.45, 2.75) is 17.9 Å². The van der Waals surface area contributed by atoms with Crippen molar-refractivity contribution in [2.24, 2.45) is 0 Å². The summed E-state index contributed by atoms with van der Waals surface area (Å²) in [7, 11) is -2.03. The molecule has 3 aromatic rings. The lowest BCUT2D eigenvalue weighted by molar-refractivity contribution is -0.116. The molecule has 3 rings (SSSR count). The number of rotatable bonds is 12. The molecule has 9 nitrogen and oxygen atoms in total. The molecule has 0 aliphatic heterocycles. The second-order valence-corrected chi connectivity index (χ2v) is 10.1. The molecular formula is C25H27IN2O7S. The van der Waals surface area contributed by atoms with E-state index in [0.29, 0.717) is 28.5 Å². The van der Waals surface area contributed by atoms with E-state index in [-0.39, 0.29) is 31.5 Å². The van der Waals surface area contributed by atoms with Crippen molar-refractivity contribution in [3.05, 3.63) is 71.9 Å². The zero-order valence-corrected chi connectivity index (χ0v) is 23.1. The maximum atomic E-state index is 12.8. The molecule has 0 atom stereocenters. The molecule has 0 unspecified atom stereocenters. The summed E-state index contributed by atoms with van der Waals surface area (Å²) in [6, 6.07) is 16.3. The van der Waals surface area contributed by atoms with Gasteiger partial charge in [-0.3, -0.25) is 8.98 Å². The van der Waals surface area contributed by atoms with Gasteiger partial charge in [-0.25, -0.2) is 4.98 Å². The van der Waals surface area contributed by atoms with Crippen molar-refractivity contribution in [3.63, 3.8) is 0 Å². The first kappa shape index (κ1) is 27.7. The van der Waals surface area contributed by atoms with E-state index in [0.717, 1.165) is 10.7 Å². The van der Waals surface area contributed by atoms with Crippen LogP contribution in [-0.2, 0) is 30.1 Å². The number of hydrogen-bond acceptors (Lipinski definition) is 8. The van der Waals surface area contributed by atoms with Crippen LogP contribution >= 0.6 is 22.6 Å². The Kier molecular flexibility index (Phi) is 9.90. The number of benzene rings is 2. The Hall–Kier alpha value is -2.90. The molecule has 0 fully saturated rings. The third-order valence-corrected chi connectivity index (χ3v) is 6.42. The second-order valence-electron chi connectivity index (χ2n) is 7.66. The smallest absolute Gasteiger partial charge is 0.264 e. The first-order valence-electron chi connectivity index (χ1n) is 10.9. The number of anilines is 1. The third kappa shape index (κ3) is 8.07. The monoisotopic (exact) mass is 626 g/mol. The highest BCUT2D eigenvalue weighted by Crippen LogP contribution is 2.33. The van der Waals surface area contributed by atoms with Crippen molar-refractivity contribution in [2.75, 3.05) is 31.5 Å². The zero-order chi connectivity index (χ0) is 26.1. The van der Waals surface area contributed by atoms with Gasteiger partial charge in [-0.1, -0.05) is 34.7 Å². The van der Waals surface area contributed by atoms with Gasteiger partial charge in [0.15, 0.2) is 0 Å². The number of carbonyl (C=O) groups excluding carboxylic acids is 1. The molecule has 11 heteroatoms. The molecule has 0 spiro atoms. The number of aromatic nitrogens is 1. The van der Waals surface area contributed by atoms with Gasteiger partial charge in [0.05, 0.1) is 19.9 Å². The molecule has 192 valence electrons. The molecule has 2 aromatic carbocycles. The number of carbonyl (C=O) groups is 1. The van der Waals surface area contributed by atoms with Gasteiger partial charge in [0.25, 0.3) is 10.1 Å². The lowest BCUT2D eigenvalue weighted by Crippen LogP contribution is -2.28. The number of hydrogen-bond donors (Lipinski definition) is 0. The van der Waals surface area contributed by atoms with Crippen molar-refractivity contribution < 1.29 is 31.6 Å². The van der Waals surface area contributed by atoms with Crippen LogP contribution in [-0.4, -0.2) is 45.9 Å². The van der Waals surface area contributed by atoms with E-state index in [4.69, 9.17) is 18.4 Å². The minimum absolute atomic E-state index is 0.000934. The van der Waals surface area contributed by atoms with Crippen LogP contribution in [0.5, 0.6) is 23.1 Å². The highest BCUT2D eigenvalue weighted by molar-refractivity contribution is 14.1. The van der Waals surface area contributed by atoms with E-state index >= 15 is 0 Å². The summed E-state index contributed by atoms with van der Waals surface area (Å²) < 4.78 is 45.2. The van der Waals surface area contributed by atoms with E-state index in [1.165, 1.54) is 17.4 Å². The fourth-order valence-electron chi connectivity index (χ4n) is 3.25. The topological polar surface area (TPSA) is 104 Å². The molecule has 0 saturated carbocycles. The van der Waals surface area contributed by atoms with E-state index in [9.17, 15) is 13.2 Å². The molecule has 0 radical (unpaired) electrons. The highest BCUT2D eigenvalue weighted by Gasteiger charge is 2.21. The average Bonchev–Trinajstić information content (AvgIpc) is 2.86. The molecule has 0 aliphatic rings. The SMILES string of the molecule is COc1ccc(OCCOS(C)(=O)=O)c(CN(C(C)=O)c2cccnc2Oc2ccc(CI)cc2)c1. The van der Waals surface area contributed by atoms with Crippen LogP contribution in [0.3, 0.4) is 0 Å². The van der Waals surface area contributed by atoms with Gasteiger partial charge in [0.1, 0.15) is 36.1 Å². The van der Waals surface area contributed by atoms with Gasteiger partial charge in [-0.2, -0.15) is 8.42 Å². The van der Waals surface area contributed by atoms with Crippen LogP contribution in [0, 0.1) is 0 Å². The van der Waals surface area contributed by atoms with Gasteiger partial charge < -0.3 is 19.1 Å². The van der Waals surface area contributed by atoms with E-state index in [2.05, 4.69) is 27.6 Å². The first-order chi connectivity index (χ1) is 17.2. The molecule has 0 aliphatic carbocycles. The van der Waals surface area contributed by atoms with Crippen LogP contribution in [0.4, 0.5) is 5.69 Å². The minimum Gasteiger partial charge on any atom is -0.497 e. The predicted molar refractivity (Wildman–Crippen MR) is 145 cm³/mol. The number of pyridine rings is 1. The number of ether oxygens (including phenoxy) is 3. The number of alkyl halides is 1. The Bertz CT molecular complexity index is 1280. The van der Waals surface area contributed by atoms with Gasteiger partial charge >= 0.3 is 0 Å². The van der Waals surface area contributed by atoms with Crippen LogP contribution in [0.2, 0.25) is 0 Å². The quantitative estimate of drug-likeness (QED) is 0.123. The summed E-state index contributed by atoms with van der Waals surface area (Å²) in [6.07, 6.45) is 2.57. The number of halogens is 1. The molecule has 1 heterocycles. The zero-order valence-electron chi connectivity index (χ0n) is 20.1. The summed E-state index contributed by atoms with van der Waals surface area (Å²) in [5.74, 6) is 1.68. The fourth-order valence-corrected chi connectivity index (χ4v) is 4.12. The van der Waals surface area contributed by atoms with E-state index in [1.807, 2.05) is 24.3 Å². The Morgan fingerprint density at radius 1 is 1.06 bits per heavy atom. The number of methoxy groups -OCH3 is 1. The minimum atomic E-state index is -3.57. The largest absolute Gasteiger partial charge is 0.497 e. The lowest BCUT2D eigenvalue weighted by atomic mass is 10.1. The van der Waals surface area contributed by atoms with Crippen LogP contribution in [0.1, 0.15) is 18.1 Å². The number of amides is 1. The maximum Gasteiger partial charge on any atom is 0.264 e. The van der Waals surface area contributed by atoms with Crippen molar-refractivity contribution in [3.8, 4) is 23.1 Å². The molecule has 0 bridgehead atoms. The fraction of sp³-hybridized carbons (Fsp3) is 0.280. The number of nitrogens with zero attached hydrogens (tertiary/aromatic N) is 2. The van der Waals surface area contributed by atoms with Crippen LogP contribution < -0.4 is 19.1 Å². The van der Waals surface area contributed by atoms with Gasteiger partial charge in [0, 0.05) is 23.1 Å². The summed E-state index contributed by atoms with van der Waals surface area (Å²) in [5, 5.41) is 0. The van der Waals surface area contributed by atoms with Crippen LogP contribution in [0.25, 0.3) is 0 Å². The van der Waals surface area contributed by atoms with Crippen molar-refractivity contribution in [1.29, 1.82) is 0 Å². The van der Waals surface area contributed by atoms with E-state index in [1.54, 1.807) is 43.6 Å². The highest BCUT2D eigenvalue weighted by atomic mass is 127. The normalized spacial score (nSPS) is 11.1. The Morgan fingerprint density at radius 3 is 2.42 bits per heavy atom. The molecule has 36 heavy (non-hydrogen) atoms. The summed E-state index contributed by atoms with van der Waals surface area (Å²) in [4.78, 5) is 18.6. The summed E-state index contributed by atoms with van der Waals surface area (Å²) in [6.45, 7) is 1.44. The van der Waals surface area contributed by atoms with Gasteiger partial charge in [0.2, 0.25) is 11.8 Å². The Morgan fingerprint density at radius 2 is 1.78 bits per heavy atom. The Balaban J connectivity index is 1.87. The van der Waals surface area contributed by atoms with Crippen molar-refractivity contribution >= 4 is 44.3 Å². The van der Waals surface area contributed by atoms with Gasteiger partial charge in [-0.15, -0.1) is 0 Å². The van der Waals surface area contributed by atoms with Crippen molar-refractivity contribution in [1.82, 2.24) is 4.98 Å². The van der Waals surface area contributed by atoms with E-state index < -0.39 is 10.1 Å². The Labute approximate surface area is 224 Å². The molecule has 1 amide bonds. The standard InChI is InChI=1S/C25H27IN2O7S/c1-18(29)28(23-5-4-12-27-25(23)35-21-8-6-19(16-26)7-9-21)17-20-15-22(32-2)10-11-24(20)33-13-14-34-36(3,30)31/h4-12,15H,13-14,16-17H2,1-3H3. The molecule has 1 aromatic heterocycles. The lowest BCUT2D eigenvalue weighted by Gasteiger charge is -2.24. The summed E-state index contributed by atoms with van der Waals surface area (Å²) >= 11 is 2.29. The molecule has 0 N–H and O–H groups in total. The maximum absolute atomic E-state index is 12.8. The summed E-state index contributed by atoms with van der Waals surface area (Å²) in [5.41, 5.74) is 2.30. The van der Waals surface area contributed by atoms with Crippen LogP contribution in [0.15, 0.2) is 60.8 Å². The van der Waals surface area contributed by atoms with Gasteiger partial charge in [-0.05, 0) is 48.0 Å².